The van der Waals surface area contributed by atoms with Gasteiger partial charge in [-0.1, -0.05) is 13.3 Å². The molecule has 0 radical (unpaired) electrons. The quantitative estimate of drug-likeness (QED) is 0.742. The number of fused-ring (bicyclic) bond motifs is 1. The average molecular weight is 314 g/mol. The van der Waals surface area contributed by atoms with Gasteiger partial charge in [0.2, 0.25) is 0 Å². The topological polar surface area (TPSA) is 68.0 Å². The number of likely N-dealkylation sites (N-methyl/N-ethyl adjacent to an activating group) is 1. The summed E-state index contributed by atoms with van der Waals surface area (Å²) in [7, 11) is 1.98. The van der Waals surface area contributed by atoms with E-state index in [1.54, 1.807) is 0 Å². The van der Waals surface area contributed by atoms with Crippen LogP contribution in [0.2, 0.25) is 0 Å². The highest BCUT2D eigenvalue weighted by Crippen LogP contribution is 2.32. The fraction of sp³-hybridized carbons (Fsp3) is 0.750. The molecule has 0 saturated carbocycles. The van der Waals surface area contributed by atoms with E-state index in [1.807, 2.05) is 7.05 Å². The summed E-state index contributed by atoms with van der Waals surface area (Å²) in [5.41, 5.74) is 6.67. The molecule has 1 saturated heterocycles. The second-order valence-corrected chi connectivity index (χ2v) is 6.07. The van der Waals surface area contributed by atoms with Gasteiger partial charge in [-0.15, -0.1) is 0 Å². The van der Waals surface area contributed by atoms with Crippen LogP contribution in [0.5, 0.6) is 0 Å². The van der Waals surface area contributed by atoms with Gasteiger partial charge in [-0.2, -0.15) is 0 Å². The fourth-order valence-electron chi connectivity index (χ4n) is 2.85. The van der Waals surface area contributed by atoms with E-state index in [0.717, 1.165) is 19.4 Å². The van der Waals surface area contributed by atoms with E-state index in [2.05, 4.69) is 11.8 Å². The van der Waals surface area contributed by atoms with Crippen LogP contribution in [0.4, 0.5) is 4.39 Å². The Morgan fingerprint density at radius 2 is 2.27 bits per heavy atom. The molecule has 1 heterocycles. The Kier molecular flexibility index (Phi) is 6.37. The van der Waals surface area contributed by atoms with Crippen LogP contribution in [0.15, 0.2) is 23.2 Å². The number of unbranched alkanes of at least 4 members (excludes halogenated alkanes) is 1. The highest BCUT2D eigenvalue weighted by atomic mass is 19.1. The van der Waals surface area contributed by atoms with E-state index in [0.29, 0.717) is 31.8 Å². The first-order valence-corrected chi connectivity index (χ1v) is 7.99. The second-order valence-electron chi connectivity index (χ2n) is 6.07. The summed E-state index contributed by atoms with van der Waals surface area (Å²) in [6.45, 7) is 4.45. The molecule has 126 valence electrons. The molecule has 22 heavy (non-hydrogen) atoms. The van der Waals surface area contributed by atoms with Crippen molar-refractivity contribution in [1.82, 2.24) is 4.90 Å². The lowest BCUT2D eigenvalue weighted by atomic mass is 9.92. The highest BCUT2D eigenvalue weighted by Gasteiger charge is 2.33. The molecule has 3 atom stereocenters. The van der Waals surface area contributed by atoms with Crippen LogP contribution in [-0.2, 0) is 9.47 Å². The van der Waals surface area contributed by atoms with Gasteiger partial charge >= 0.3 is 0 Å². The number of nitrogens with zero attached hydrogens (tertiary/aromatic N) is 1. The third kappa shape index (κ3) is 4.29. The molecule has 1 aliphatic heterocycles. The summed E-state index contributed by atoms with van der Waals surface area (Å²) in [6.07, 6.45) is 2.67. The van der Waals surface area contributed by atoms with Crippen LogP contribution < -0.4 is 5.73 Å². The third-order valence-corrected chi connectivity index (χ3v) is 4.12. The normalized spacial score (nSPS) is 24.6. The zero-order valence-corrected chi connectivity index (χ0v) is 13.4. The molecule has 0 aromatic heterocycles. The zero-order chi connectivity index (χ0) is 16.1. The SMILES string of the molecule is CCCCN(C)C[C@@H](N)[C@H](O)C1=CC(F)=C2OCCOC2C1. The molecular formula is C16H27FN2O3. The standard InChI is InChI=1S/C16H27FN2O3/c1-3-4-5-19(2)10-13(18)15(20)11-8-12(17)16-14(9-11)21-6-7-22-16/h8,13-15,20H,3-7,9-10,18H2,1-2H3/t13-,14?,15-/m1/s1. The predicted octanol–water partition coefficient (Wildman–Crippen LogP) is 1.33. The van der Waals surface area contributed by atoms with Crippen molar-refractivity contribution in [2.75, 3.05) is 33.4 Å². The molecule has 3 N–H and O–H groups in total. The molecule has 1 fully saturated rings. The van der Waals surface area contributed by atoms with Crippen molar-refractivity contribution in [3.05, 3.63) is 23.2 Å². The first-order chi connectivity index (χ1) is 10.5. The lowest BCUT2D eigenvalue weighted by molar-refractivity contribution is -0.0488. The van der Waals surface area contributed by atoms with Gasteiger partial charge in [-0.05, 0) is 31.7 Å². The van der Waals surface area contributed by atoms with Crippen molar-refractivity contribution in [3.8, 4) is 0 Å². The van der Waals surface area contributed by atoms with Gasteiger partial charge in [0, 0.05) is 19.0 Å². The van der Waals surface area contributed by atoms with Gasteiger partial charge in [0.15, 0.2) is 11.6 Å². The number of nitrogens with two attached hydrogens (primary N) is 1. The molecule has 5 nitrogen and oxygen atoms in total. The lowest BCUT2D eigenvalue weighted by Crippen LogP contribution is -2.46. The molecule has 0 aromatic rings. The number of ether oxygens (including phenoxy) is 2. The number of aliphatic hydroxyl groups excluding tert-OH is 1. The van der Waals surface area contributed by atoms with Crippen molar-refractivity contribution >= 4 is 0 Å². The Balaban J connectivity index is 1.97. The molecule has 0 aromatic carbocycles. The van der Waals surface area contributed by atoms with Crippen molar-refractivity contribution in [3.63, 3.8) is 0 Å². The summed E-state index contributed by atoms with van der Waals surface area (Å²) in [6, 6.07) is -0.452. The van der Waals surface area contributed by atoms with Gasteiger partial charge in [-0.25, -0.2) is 4.39 Å². The predicted molar refractivity (Wildman–Crippen MR) is 82.9 cm³/mol. The fourth-order valence-corrected chi connectivity index (χ4v) is 2.85. The molecule has 6 heteroatoms. The van der Waals surface area contributed by atoms with Crippen LogP contribution in [-0.4, -0.2) is 61.6 Å². The maximum absolute atomic E-state index is 14.1. The van der Waals surface area contributed by atoms with Crippen LogP contribution >= 0.6 is 0 Å². The second kappa shape index (κ2) is 8.06. The van der Waals surface area contributed by atoms with E-state index in [4.69, 9.17) is 15.2 Å². The van der Waals surface area contributed by atoms with Crippen molar-refractivity contribution in [2.45, 2.75) is 44.4 Å². The molecule has 0 bridgehead atoms. The van der Waals surface area contributed by atoms with Crippen molar-refractivity contribution < 1.29 is 19.0 Å². The molecule has 2 aliphatic rings. The molecular weight excluding hydrogens is 287 g/mol. The number of rotatable bonds is 7. The molecule has 1 aliphatic carbocycles. The molecule has 2 rings (SSSR count). The number of aliphatic hydroxyl groups is 1. The zero-order valence-electron chi connectivity index (χ0n) is 13.4. The van der Waals surface area contributed by atoms with Crippen LogP contribution in [0.1, 0.15) is 26.2 Å². The lowest BCUT2D eigenvalue weighted by Gasteiger charge is -2.33. The summed E-state index contributed by atoms with van der Waals surface area (Å²) in [4.78, 5) is 2.10. The van der Waals surface area contributed by atoms with Crippen LogP contribution in [0.3, 0.4) is 0 Å². The minimum absolute atomic E-state index is 0.246. The van der Waals surface area contributed by atoms with Gasteiger partial charge in [0.1, 0.15) is 12.7 Å². The van der Waals surface area contributed by atoms with Gasteiger partial charge < -0.3 is 25.2 Å². The van der Waals surface area contributed by atoms with Crippen molar-refractivity contribution in [2.24, 2.45) is 5.73 Å². The van der Waals surface area contributed by atoms with E-state index in [9.17, 15) is 9.50 Å². The maximum atomic E-state index is 14.1. The first kappa shape index (κ1) is 17.4. The summed E-state index contributed by atoms with van der Waals surface area (Å²) in [5.74, 6) is -0.215. The molecule has 0 spiro atoms. The Morgan fingerprint density at radius 3 is 3.00 bits per heavy atom. The first-order valence-electron chi connectivity index (χ1n) is 7.99. The average Bonchev–Trinajstić information content (AvgIpc) is 2.52. The van der Waals surface area contributed by atoms with Crippen LogP contribution in [0, 0.1) is 0 Å². The summed E-state index contributed by atoms with van der Waals surface area (Å²) in [5, 5.41) is 10.4. The van der Waals surface area contributed by atoms with E-state index in [-0.39, 0.29) is 5.76 Å². The summed E-state index contributed by atoms with van der Waals surface area (Å²) >= 11 is 0. The van der Waals surface area contributed by atoms with Gasteiger partial charge in [-0.3, -0.25) is 0 Å². The number of halogens is 1. The highest BCUT2D eigenvalue weighted by molar-refractivity contribution is 5.32. The van der Waals surface area contributed by atoms with E-state index < -0.39 is 24.1 Å². The molecule has 0 amide bonds. The van der Waals surface area contributed by atoms with Gasteiger partial charge in [0.25, 0.3) is 0 Å². The van der Waals surface area contributed by atoms with E-state index in [1.165, 1.54) is 6.08 Å². The largest absolute Gasteiger partial charge is 0.490 e. The van der Waals surface area contributed by atoms with Crippen LogP contribution in [0.25, 0.3) is 0 Å². The van der Waals surface area contributed by atoms with Gasteiger partial charge in [0.05, 0.1) is 12.7 Å². The minimum atomic E-state index is -0.873. The monoisotopic (exact) mass is 314 g/mol. The van der Waals surface area contributed by atoms with Crippen molar-refractivity contribution in [1.29, 1.82) is 0 Å². The maximum Gasteiger partial charge on any atom is 0.163 e. The number of allylic oxidation sites excluding steroid dienone is 2. The smallest absolute Gasteiger partial charge is 0.163 e. The van der Waals surface area contributed by atoms with E-state index >= 15 is 0 Å². The Morgan fingerprint density at radius 1 is 1.50 bits per heavy atom. The Labute approximate surface area is 131 Å². The number of hydrogen-bond donors (Lipinski definition) is 2. The number of hydrogen-bond acceptors (Lipinski definition) is 5. The molecule has 1 unspecified atom stereocenters. The summed E-state index contributed by atoms with van der Waals surface area (Å²) < 4.78 is 24.9. The third-order valence-electron chi connectivity index (χ3n) is 4.12. The minimum Gasteiger partial charge on any atom is -0.490 e. The Hall–Kier alpha value is -0.950. The Bertz CT molecular complexity index is 439.